The number of hydrogen-bond acceptors (Lipinski definition) is 2. The van der Waals surface area contributed by atoms with Gasteiger partial charge in [0.25, 0.3) is 0 Å². The third-order valence-corrected chi connectivity index (χ3v) is 6.37. The van der Waals surface area contributed by atoms with E-state index in [2.05, 4.69) is 0 Å². The van der Waals surface area contributed by atoms with Crippen LogP contribution in [0, 0.1) is 23.2 Å². The van der Waals surface area contributed by atoms with Crippen molar-refractivity contribution in [1.82, 2.24) is 4.90 Å². The Balaban J connectivity index is 1.42. The fraction of sp³-hybridized carbons (Fsp3) is 0.882. The Morgan fingerprint density at radius 1 is 1.08 bits per heavy atom. The van der Waals surface area contributed by atoms with Gasteiger partial charge in [-0.15, -0.1) is 0 Å². The minimum absolute atomic E-state index is 0.0211. The molecule has 1 heterocycles. The van der Waals surface area contributed by atoms with Crippen LogP contribution in [-0.4, -0.2) is 41.1 Å². The van der Waals surface area contributed by atoms with Gasteiger partial charge in [-0.25, -0.2) is 0 Å². The largest absolute Gasteiger partial charge is 0.481 e. The lowest BCUT2D eigenvalue weighted by Gasteiger charge is -2.35. The fourth-order valence-electron chi connectivity index (χ4n) is 4.52. The maximum absolute atomic E-state index is 12.7. The molecule has 1 atom stereocenters. The Hall–Kier alpha value is -1.27. The maximum atomic E-state index is 12.7. The summed E-state index contributed by atoms with van der Waals surface area (Å²) in [6.45, 7) is 1.17. The van der Waals surface area contributed by atoms with Gasteiger partial charge in [-0.2, -0.15) is 13.2 Å². The SMILES string of the molecule is O=C(O)C1CC12CCN(C(=O)CC1CCC(C(F)(F)F)CC1)CC2. The summed E-state index contributed by atoms with van der Waals surface area (Å²) in [5.41, 5.74) is -0.104. The molecule has 1 aliphatic heterocycles. The molecule has 3 rings (SSSR count). The van der Waals surface area contributed by atoms with E-state index in [1.54, 1.807) is 4.90 Å². The summed E-state index contributed by atoms with van der Waals surface area (Å²) >= 11 is 0. The molecule has 0 aromatic rings. The van der Waals surface area contributed by atoms with Gasteiger partial charge in [0, 0.05) is 19.5 Å². The number of nitrogens with zero attached hydrogens (tertiary/aromatic N) is 1. The van der Waals surface area contributed by atoms with E-state index >= 15 is 0 Å². The van der Waals surface area contributed by atoms with Gasteiger partial charge < -0.3 is 10.0 Å². The zero-order valence-corrected chi connectivity index (χ0v) is 13.6. The van der Waals surface area contributed by atoms with E-state index in [1.807, 2.05) is 0 Å². The Labute approximate surface area is 139 Å². The summed E-state index contributed by atoms with van der Waals surface area (Å²) in [5.74, 6) is -2.13. The second-order valence-corrected chi connectivity index (χ2v) is 7.80. The van der Waals surface area contributed by atoms with E-state index in [4.69, 9.17) is 5.11 Å². The molecule has 2 saturated carbocycles. The Morgan fingerprint density at radius 3 is 2.12 bits per heavy atom. The van der Waals surface area contributed by atoms with E-state index in [0.29, 0.717) is 38.8 Å². The maximum Gasteiger partial charge on any atom is 0.391 e. The summed E-state index contributed by atoms with van der Waals surface area (Å²) < 4.78 is 38.0. The smallest absolute Gasteiger partial charge is 0.391 e. The van der Waals surface area contributed by atoms with E-state index < -0.39 is 18.1 Å². The lowest BCUT2D eigenvalue weighted by atomic mass is 9.80. The standard InChI is InChI=1S/C17H24F3NO3/c18-17(19,20)12-3-1-11(2-4-12)9-14(22)21-7-5-16(6-8-21)10-13(16)15(23)24/h11-13H,1-10H2,(H,23,24). The molecule has 24 heavy (non-hydrogen) atoms. The molecule has 3 aliphatic rings. The first-order valence-corrected chi connectivity index (χ1v) is 8.78. The number of carbonyl (C=O) groups is 2. The van der Waals surface area contributed by atoms with Gasteiger partial charge in [0.2, 0.25) is 5.91 Å². The molecule has 1 N–H and O–H groups in total. The van der Waals surface area contributed by atoms with Crippen LogP contribution < -0.4 is 0 Å². The molecule has 0 radical (unpaired) electrons. The number of hydrogen-bond donors (Lipinski definition) is 1. The van der Waals surface area contributed by atoms with Crippen molar-refractivity contribution >= 4 is 11.9 Å². The molecule has 1 spiro atoms. The number of halogens is 3. The Bertz CT molecular complexity index is 504. The molecule has 1 amide bonds. The molecule has 3 fully saturated rings. The van der Waals surface area contributed by atoms with Crippen LogP contribution in [0.5, 0.6) is 0 Å². The molecular formula is C17H24F3NO3. The van der Waals surface area contributed by atoms with Gasteiger partial charge >= 0.3 is 12.1 Å². The van der Waals surface area contributed by atoms with Crippen molar-refractivity contribution in [2.45, 2.75) is 57.5 Å². The van der Waals surface area contributed by atoms with Crippen molar-refractivity contribution in [3.05, 3.63) is 0 Å². The second-order valence-electron chi connectivity index (χ2n) is 7.80. The van der Waals surface area contributed by atoms with Crippen molar-refractivity contribution in [3.8, 4) is 0 Å². The highest BCUT2D eigenvalue weighted by Crippen LogP contribution is 2.59. The van der Waals surface area contributed by atoms with Crippen LogP contribution in [0.2, 0.25) is 0 Å². The van der Waals surface area contributed by atoms with Crippen molar-refractivity contribution in [2.24, 2.45) is 23.2 Å². The van der Waals surface area contributed by atoms with Crippen molar-refractivity contribution in [1.29, 1.82) is 0 Å². The monoisotopic (exact) mass is 347 g/mol. The highest BCUT2D eigenvalue weighted by Gasteiger charge is 2.59. The van der Waals surface area contributed by atoms with Crippen LogP contribution in [0.25, 0.3) is 0 Å². The summed E-state index contributed by atoms with van der Waals surface area (Å²) in [6, 6.07) is 0. The number of piperidine rings is 1. The van der Waals surface area contributed by atoms with Gasteiger partial charge in [-0.05, 0) is 56.3 Å². The van der Waals surface area contributed by atoms with Crippen LogP contribution in [0.15, 0.2) is 0 Å². The third-order valence-electron chi connectivity index (χ3n) is 6.37. The van der Waals surface area contributed by atoms with Crippen LogP contribution >= 0.6 is 0 Å². The van der Waals surface area contributed by atoms with Crippen molar-refractivity contribution in [3.63, 3.8) is 0 Å². The number of rotatable bonds is 3. The van der Waals surface area contributed by atoms with Crippen molar-refractivity contribution < 1.29 is 27.9 Å². The molecule has 136 valence electrons. The van der Waals surface area contributed by atoms with E-state index in [0.717, 1.165) is 12.8 Å². The summed E-state index contributed by atoms with van der Waals surface area (Å²) in [7, 11) is 0. The summed E-state index contributed by atoms with van der Waals surface area (Å²) in [4.78, 5) is 25.2. The molecule has 7 heteroatoms. The lowest BCUT2D eigenvalue weighted by Crippen LogP contribution is -2.41. The lowest BCUT2D eigenvalue weighted by molar-refractivity contribution is -0.184. The number of likely N-dealkylation sites (tertiary alicyclic amines) is 1. The fourth-order valence-corrected chi connectivity index (χ4v) is 4.52. The number of carboxylic acids is 1. The number of carbonyl (C=O) groups excluding carboxylic acids is 1. The van der Waals surface area contributed by atoms with E-state index in [-0.39, 0.29) is 36.0 Å². The minimum Gasteiger partial charge on any atom is -0.481 e. The highest BCUT2D eigenvalue weighted by molar-refractivity contribution is 5.77. The summed E-state index contributed by atoms with van der Waals surface area (Å²) in [5, 5.41) is 9.08. The number of aliphatic carboxylic acids is 1. The zero-order chi connectivity index (χ0) is 17.5. The predicted octanol–water partition coefficient (Wildman–Crippen LogP) is 3.46. The quantitative estimate of drug-likeness (QED) is 0.851. The van der Waals surface area contributed by atoms with Gasteiger partial charge in [0.15, 0.2) is 0 Å². The Morgan fingerprint density at radius 2 is 1.67 bits per heavy atom. The van der Waals surface area contributed by atoms with Crippen LogP contribution in [0.3, 0.4) is 0 Å². The van der Waals surface area contributed by atoms with Gasteiger partial charge in [-0.3, -0.25) is 9.59 Å². The molecule has 1 unspecified atom stereocenters. The number of alkyl halides is 3. The number of carboxylic acid groups (broad SMARTS) is 1. The minimum atomic E-state index is -4.11. The average Bonchev–Trinajstić information content (AvgIpc) is 3.21. The number of amides is 1. The topological polar surface area (TPSA) is 57.6 Å². The second kappa shape index (κ2) is 6.23. The molecule has 2 aliphatic carbocycles. The predicted molar refractivity (Wildman–Crippen MR) is 80.1 cm³/mol. The third kappa shape index (κ3) is 3.54. The van der Waals surface area contributed by atoms with Crippen LogP contribution in [-0.2, 0) is 9.59 Å². The van der Waals surface area contributed by atoms with E-state index in [9.17, 15) is 22.8 Å². The van der Waals surface area contributed by atoms with Crippen LogP contribution in [0.4, 0.5) is 13.2 Å². The first-order chi connectivity index (χ1) is 11.2. The average molecular weight is 347 g/mol. The Kier molecular flexibility index (Phi) is 4.55. The molecular weight excluding hydrogens is 323 g/mol. The first-order valence-electron chi connectivity index (χ1n) is 8.78. The molecule has 0 aromatic carbocycles. The molecule has 4 nitrogen and oxygen atoms in total. The van der Waals surface area contributed by atoms with Gasteiger partial charge in [0.1, 0.15) is 0 Å². The molecule has 1 saturated heterocycles. The van der Waals surface area contributed by atoms with Gasteiger partial charge in [0.05, 0.1) is 11.8 Å². The van der Waals surface area contributed by atoms with Crippen molar-refractivity contribution in [2.75, 3.05) is 13.1 Å². The highest BCUT2D eigenvalue weighted by atomic mass is 19.4. The molecule has 0 bridgehead atoms. The van der Waals surface area contributed by atoms with Gasteiger partial charge in [-0.1, -0.05) is 0 Å². The summed E-state index contributed by atoms with van der Waals surface area (Å²) in [6.07, 6.45) is -0.404. The van der Waals surface area contributed by atoms with Crippen LogP contribution in [0.1, 0.15) is 51.4 Å². The molecule has 0 aromatic heterocycles. The normalized spacial score (nSPS) is 32.6. The first kappa shape index (κ1) is 17.5. The zero-order valence-electron chi connectivity index (χ0n) is 13.6. The van der Waals surface area contributed by atoms with E-state index in [1.165, 1.54) is 0 Å².